The number of hydrogen-bond donors (Lipinski definition) is 1. The SMILES string of the molecule is NC(Cc1cc(Br)ccc1Cl)c1nc2ccccc2s1. The first kappa shape index (κ1) is 14.0. The predicted octanol–water partition coefficient (Wildman–Crippen LogP) is 4.95. The Morgan fingerprint density at radius 1 is 1.25 bits per heavy atom. The normalized spacial score (nSPS) is 12.8. The molecule has 2 N–H and O–H groups in total. The lowest BCUT2D eigenvalue weighted by atomic mass is 10.1. The Morgan fingerprint density at radius 2 is 2.05 bits per heavy atom. The molecule has 1 heterocycles. The lowest BCUT2D eigenvalue weighted by Gasteiger charge is -2.10. The monoisotopic (exact) mass is 366 g/mol. The average Bonchev–Trinajstić information content (AvgIpc) is 2.87. The van der Waals surface area contributed by atoms with Gasteiger partial charge < -0.3 is 5.73 Å². The van der Waals surface area contributed by atoms with Crippen LogP contribution in [0.1, 0.15) is 16.6 Å². The highest BCUT2D eigenvalue weighted by Gasteiger charge is 2.14. The molecule has 0 fully saturated rings. The van der Waals surface area contributed by atoms with E-state index in [2.05, 4.69) is 27.0 Å². The highest BCUT2D eigenvalue weighted by atomic mass is 79.9. The molecule has 0 spiro atoms. The Hall–Kier alpha value is -0.940. The third-order valence-corrected chi connectivity index (χ3v) is 5.11. The van der Waals surface area contributed by atoms with Gasteiger partial charge in [0, 0.05) is 9.50 Å². The Morgan fingerprint density at radius 3 is 2.85 bits per heavy atom. The van der Waals surface area contributed by atoms with E-state index in [1.54, 1.807) is 11.3 Å². The molecule has 0 amide bonds. The molecular formula is C15H12BrClN2S. The molecule has 5 heteroatoms. The minimum absolute atomic E-state index is 0.140. The Kier molecular flexibility index (Phi) is 4.08. The zero-order valence-electron chi connectivity index (χ0n) is 10.5. The van der Waals surface area contributed by atoms with E-state index in [0.29, 0.717) is 6.42 Å². The summed E-state index contributed by atoms with van der Waals surface area (Å²) < 4.78 is 2.17. The second kappa shape index (κ2) is 5.82. The molecule has 0 saturated carbocycles. The molecule has 2 aromatic carbocycles. The topological polar surface area (TPSA) is 38.9 Å². The second-order valence-electron chi connectivity index (χ2n) is 4.57. The summed E-state index contributed by atoms with van der Waals surface area (Å²) in [7, 11) is 0. The van der Waals surface area contributed by atoms with E-state index in [1.165, 1.54) is 4.70 Å². The van der Waals surface area contributed by atoms with Crippen molar-refractivity contribution in [2.24, 2.45) is 5.73 Å². The smallest absolute Gasteiger partial charge is 0.111 e. The van der Waals surface area contributed by atoms with Crippen molar-refractivity contribution in [2.75, 3.05) is 0 Å². The number of nitrogens with two attached hydrogens (primary N) is 1. The van der Waals surface area contributed by atoms with Crippen LogP contribution in [0, 0.1) is 0 Å². The highest BCUT2D eigenvalue weighted by molar-refractivity contribution is 9.10. The first-order valence-electron chi connectivity index (χ1n) is 6.18. The third kappa shape index (κ3) is 2.88. The fourth-order valence-corrected chi connectivity index (χ4v) is 3.64. The van der Waals surface area contributed by atoms with Crippen LogP contribution in [0.15, 0.2) is 46.9 Å². The van der Waals surface area contributed by atoms with Crippen LogP contribution in [0.4, 0.5) is 0 Å². The van der Waals surface area contributed by atoms with E-state index >= 15 is 0 Å². The van der Waals surface area contributed by atoms with E-state index in [-0.39, 0.29) is 6.04 Å². The lowest BCUT2D eigenvalue weighted by Crippen LogP contribution is -2.13. The molecule has 0 aliphatic heterocycles. The fourth-order valence-electron chi connectivity index (χ4n) is 2.07. The predicted molar refractivity (Wildman–Crippen MR) is 89.4 cm³/mol. The van der Waals surface area contributed by atoms with Crippen molar-refractivity contribution >= 4 is 49.1 Å². The van der Waals surface area contributed by atoms with Crippen LogP contribution in [-0.2, 0) is 6.42 Å². The summed E-state index contributed by atoms with van der Waals surface area (Å²) in [5, 5.41) is 1.69. The number of hydrogen-bond acceptors (Lipinski definition) is 3. The van der Waals surface area contributed by atoms with Crippen molar-refractivity contribution < 1.29 is 0 Å². The quantitative estimate of drug-likeness (QED) is 0.711. The standard InChI is InChI=1S/C15H12BrClN2S/c16-10-5-6-11(17)9(7-10)8-12(18)15-19-13-3-1-2-4-14(13)20-15/h1-7,12H,8,18H2. The molecule has 0 saturated heterocycles. The van der Waals surface area contributed by atoms with Crippen LogP contribution in [0.3, 0.4) is 0 Å². The van der Waals surface area contributed by atoms with Crippen molar-refractivity contribution in [1.82, 2.24) is 4.98 Å². The van der Waals surface area contributed by atoms with E-state index in [4.69, 9.17) is 17.3 Å². The molecule has 0 bridgehead atoms. The molecule has 3 aromatic rings. The maximum atomic E-state index is 6.28. The van der Waals surface area contributed by atoms with Gasteiger partial charge in [0.25, 0.3) is 0 Å². The molecular weight excluding hydrogens is 356 g/mol. The summed E-state index contributed by atoms with van der Waals surface area (Å²) in [5.74, 6) is 0. The van der Waals surface area contributed by atoms with E-state index in [1.807, 2.05) is 36.4 Å². The summed E-state index contributed by atoms with van der Waals surface area (Å²) in [4.78, 5) is 4.60. The van der Waals surface area contributed by atoms with Gasteiger partial charge >= 0.3 is 0 Å². The number of para-hydroxylation sites is 1. The van der Waals surface area contributed by atoms with Gasteiger partial charge in [-0.2, -0.15) is 0 Å². The average molecular weight is 368 g/mol. The zero-order valence-corrected chi connectivity index (χ0v) is 13.7. The van der Waals surface area contributed by atoms with Crippen LogP contribution >= 0.6 is 38.9 Å². The number of halogens is 2. The van der Waals surface area contributed by atoms with Crippen molar-refractivity contribution in [3.05, 3.63) is 62.5 Å². The summed E-state index contributed by atoms with van der Waals surface area (Å²) >= 11 is 11.3. The van der Waals surface area contributed by atoms with Gasteiger partial charge in [-0.1, -0.05) is 39.7 Å². The number of rotatable bonds is 3. The maximum absolute atomic E-state index is 6.28. The molecule has 0 radical (unpaired) electrons. The van der Waals surface area contributed by atoms with Gasteiger partial charge in [-0.15, -0.1) is 11.3 Å². The number of aromatic nitrogens is 1. The van der Waals surface area contributed by atoms with Crippen molar-refractivity contribution in [2.45, 2.75) is 12.5 Å². The molecule has 0 aliphatic rings. The Bertz CT molecular complexity index is 723. The fraction of sp³-hybridized carbons (Fsp3) is 0.133. The van der Waals surface area contributed by atoms with Gasteiger partial charge in [-0.05, 0) is 42.3 Å². The Labute approximate surface area is 134 Å². The first-order chi connectivity index (χ1) is 9.63. The van der Waals surface area contributed by atoms with E-state index in [0.717, 1.165) is 25.6 Å². The summed E-state index contributed by atoms with van der Waals surface area (Å²) in [5.41, 5.74) is 8.32. The van der Waals surface area contributed by atoms with Crippen LogP contribution in [-0.4, -0.2) is 4.98 Å². The molecule has 1 unspecified atom stereocenters. The molecule has 3 rings (SSSR count). The number of nitrogens with zero attached hydrogens (tertiary/aromatic N) is 1. The zero-order chi connectivity index (χ0) is 14.1. The molecule has 20 heavy (non-hydrogen) atoms. The van der Waals surface area contributed by atoms with Crippen LogP contribution in [0.2, 0.25) is 5.02 Å². The third-order valence-electron chi connectivity index (χ3n) is 3.08. The minimum atomic E-state index is -0.140. The Balaban J connectivity index is 1.88. The number of fused-ring (bicyclic) bond motifs is 1. The summed E-state index contributed by atoms with van der Waals surface area (Å²) in [6, 6.07) is 13.8. The van der Waals surface area contributed by atoms with E-state index < -0.39 is 0 Å². The second-order valence-corrected chi connectivity index (χ2v) is 6.95. The highest BCUT2D eigenvalue weighted by Crippen LogP contribution is 2.29. The lowest BCUT2D eigenvalue weighted by molar-refractivity contribution is 0.717. The molecule has 1 atom stereocenters. The van der Waals surface area contributed by atoms with Gasteiger partial charge in [0.1, 0.15) is 5.01 Å². The molecule has 0 aliphatic carbocycles. The van der Waals surface area contributed by atoms with Crippen molar-refractivity contribution in [1.29, 1.82) is 0 Å². The molecule has 1 aromatic heterocycles. The van der Waals surface area contributed by atoms with Crippen molar-refractivity contribution in [3.63, 3.8) is 0 Å². The van der Waals surface area contributed by atoms with Crippen LogP contribution < -0.4 is 5.73 Å². The number of thiazole rings is 1. The van der Waals surface area contributed by atoms with Gasteiger partial charge in [-0.25, -0.2) is 4.98 Å². The van der Waals surface area contributed by atoms with Crippen LogP contribution in [0.25, 0.3) is 10.2 Å². The largest absolute Gasteiger partial charge is 0.322 e. The van der Waals surface area contributed by atoms with Crippen LogP contribution in [0.5, 0.6) is 0 Å². The van der Waals surface area contributed by atoms with Gasteiger partial charge in [0.15, 0.2) is 0 Å². The molecule has 2 nitrogen and oxygen atoms in total. The number of benzene rings is 2. The van der Waals surface area contributed by atoms with Gasteiger partial charge in [0.05, 0.1) is 16.3 Å². The van der Waals surface area contributed by atoms with E-state index in [9.17, 15) is 0 Å². The molecule has 102 valence electrons. The summed E-state index contributed by atoms with van der Waals surface area (Å²) in [6.07, 6.45) is 0.679. The summed E-state index contributed by atoms with van der Waals surface area (Å²) in [6.45, 7) is 0. The first-order valence-corrected chi connectivity index (χ1v) is 8.17. The maximum Gasteiger partial charge on any atom is 0.111 e. The van der Waals surface area contributed by atoms with Gasteiger partial charge in [0.2, 0.25) is 0 Å². The minimum Gasteiger partial charge on any atom is -0.322 e. The van der Waals surface area contributed by atoms with Crippen molar-refractivity contribution in [3.8, 4) is 0 Å². The van der Waals surface area contributed by atoms with Gasteiger partial charge in [-0.3, -0.25) is 0 Å².